The van der Waals surface area contributed by atoms with E-state index in [1.807, 2.05) is 0 Å². The highest BCUT2D eigenvalue weighted by molar-refractivity contribution is 6.33. The van der Waals surface area contributed by atoms with E-state index in [0.29, 0.717) is 5.06 Å². The molecule has 0 amide bonds. The molecular weight excluding hydrogens is 354 g/mol. The number of hydroxylamine groups is 1. The van der Waals surface area contributed by atoms with Gasteiger partial charge in [-0.3, -0.25) is 4.57 Å². The number of rotatable bonds is 3. The normalized spacial score (nSPS) is 27.2. The fraction of sp³-hybridized carbons (Fsp3) is 0.643. The van der Waals surface area contributed by atoms with Crippen LogP contribution in [0.1, 0.15) is 27.0 Å². The lowest BCUT2D eigenvalue weighted by molar-refractivity contribution is -0.0525. The van der Waals surface area contributed by atoms with E-state index < -0.39 is 36.7 Å². The van der Waals surface area contributed by atoms with Crippen LogP contribution in [0, 0.1) is 0 Å². The molecule has 1 radical (unpaired) electrons. The molecule has 1 aliphatic rings. The number of ether oxygens (including phenoxy) is 1. The van der Waals surface area contributed by atoms with E-state index in [0.717, 1.165) is 0 Å². The van der Waals surface area contributed by atoms with Gasteiger partial charge in [0.1, 0.15) is 30.2 Å². The molecule has 0 bridgehead atoms. The summed E-state index contributed by atoms with van der Waals surface area (Å²) >= 11 is 6.05. The largest absolute Gasteiger partial charge is 0.394 e. The predicted molar refractivity (Wildman–Crippen MR) is 86.3 cm³/mol. The van der Waals surface area contributed by atoms with Crippen molar-refractivity contribution in [3.05, 3.63) is 11.5 Å². The fourth-order valence-corrected chi connectivity index (χ4v) is 2.81. The number of hydrogen-bond donors (Lipinski definition) is 3. The van der Waals surface area contributed by atoms with Crippen molar-refractivity contribution >= 4 is 28.7 Å². The molecule has 2 aromatic rings. The first-order chi connectivity index (χ1) is 11.7. The molecule has 4 atom stereocenters. The highest BCUT2D eigenvalue weighted by Gasteiger charge is 2.46. The van der Waals surface area contributed by atoms with Crippen LogP contribution in [0.25, 0.3) is 11.2 Å². The standard InChI is InChI=1S/C14H19ClN5O5/c1-14(2,3)20(24)13-18-7-10(15)16-5-17-11(7)19(13)12-9(23)8(22)6(4-21)25-12/h5-6,8-9,12,21-23H,4H2,1-3H3/t6-,8-,9-,12-/m1/s1. The summed E-state index contributed by atoms with van der Waals surface area (Å²) in [6, 6.07) is 0. The molecule has 0 aliphatic carbocycles. The highest BCUT2D eigenvalue weighted by Crippen LogP contribution is 2.37. The third-order valence-corrected chi connectivity index (χ3v) is 4.25. The molecule has 10 nitrogen and oxygen atoms in total. The van der Waals surface area contributed by atoms with Gasteiger partial charge in [-0.1, -0.05) is 16.8 Å². The average molecular weight is 373 g/mol. The SMILES string of the molecule is CC(C)(C)N([O])c1nc2c(Cl)ncnc2n1[C@@H]1O[C@H](CO)[C@@H](O)[C@H]1O. The second-order valence-corrected chi connectivity index (χ2v) is 7.17. The summed E-state index contributed by atoms with van der Waals surface area (Å²) in [7, 11) is 0. The van der Waals surface area contributed by atoms with E-state index >= 15 is 0 Å². The summed E-state index contributed by atoms with van der Waals surface area (Å²) in [5, 5.41) is 43.1. The first-order valence-corrected chi connectivity index (χ1v) is 8.03. The Morgan fingerprint density at radius 3 is 2.56 bits per heavy atom. The van der Waals surface area contributed by atoms with Crippen LogP contribution in [0.3, 0.4) is 0 Å². The number of aliphatic hydroxyl groups is 3. The summed E-state index contributed by atoms with van der Waals surface area (Å²) in [6.07, 6.45) is -3.70. The maximum atomic E-state index is 12.8. The number of hydrogen-bond acceptors (Lipinski definition) is 8. The van der Waals surface area contributed by atoms with Crippen molar-refractivity contribution in [2.75, 3.05) is 11.7 Å². The van der Waals surface area contributed by atoms with Crippen molar-refractivity contribution in [2.24, 2.45) is 0 Å². The first-order valence-electron chi connectivity index (χ1n) is 7.65. The molecule has 0 saturated carbocycles. The number of anilines is 1. The zero-order valence-electron chi connectivity index (χ0n) is 13.9. The van der Waals surface area contributed by atoms with Crippen LogP contribution in [0.4, 0.5) is 5.95 Å². The Bertz CT molecular complexity index is 779. The highest BCUT2D eigenvalue weighted by atomic mass is 35.5. The zero-order valence-corrected chi connectivity index (χ0v) is 14.6. The van der Waals surface area contributed by atoms with Crippen LogP contribution in [-0.4, -0.2) is 65.3 Å². The number of nitrogens with zero attached hydrogens (tertiary/aromatic N) is 5. The van der Waals surface area contributed by atoms with Crippen LogP contribution in [0.15, 0.2) is 6.33 Å². The van der Waals surface area contributed by atoms with E-state index in [-0.39, 0.29) is 22.3 Å². The monoisotopic (exact) mass is 372 g/mol. The molecule has 0 spiro atoms. The maximum absolute atomic E-state index is 12.8. The van der Waals surface area contributed by atoms with Gasteiger partial charge in [0.2, 0.25) is 5.95 Å². The van der Waals surface area contributed by atoms with Crippen LogP contribution in [0.2, 0.25) is 5.15 Å². The van der Waals surface area contributed by atoms with Crippen LogP contribution in [-0.2, 0) is 9.94 Å². The lowest BCUT2D eigenvalue weighted by Crippen LogP contribution is -2.40. The quantitative estimate of drug-likeness (QED) is 0.507. The molecule has 2 aromatic heterocycles. The van der Waals surface area contributed by atoms with E-state index in [2.05, 4.69) is 15.0 Å². The summed E-state index contributed by atoms with van der Waals surface area (Å²) in [5.74, 6) is -0.0975. The van der Waals surface area contributed by atoms with Crippen molar-refractivity contribution in [1.29, 1.82) is 0 Å². The number of halogens is 1. The van der Waals surface area contributed by atoms with Gasteiger partial charge in [0.15, 0.2) is 17.0 Å². The van der Waals surface area contributed by atoms with Gasteiger partial charge in [-0.15, -0.1) is 0 Å². The summed E-state index contributed by atoms with van der Waals surface area (Å²) in [5.41, 5.74) is -0.505. The lowest BCUT2D eigenvalue weighted by atomic mass is 10.1. The van der Waals surface area contributed by atoms with Crippen LogP contribution in [0.5, 0.6) is 0 Å². The third kappa shape index (κ3) is 2.94. The molecule has 1 aliphatic heterocycles. The average Bonchev–Trinajstić information content (AvgIpc) is 3.06. The van der Waals surface area contributed by atoms with E-state index in [4.69, 9.17) is 16.3 Å². The third-order valence-electron chi connectivity index (χ3n) is 3.98. The van der Waals surface area contributed by atoms with Gasteiger partial charge in [-0.05, 0) is 20.8 Å². The minimum Gasteiger partial charge on any atom is -0.394 e. The molecule has 0 unspecified atom stereocenters. The molecule has 1 fully saturated rings. The van der Waals surface area contributed by atoms with Crippen LogP contribution >= 0.6 is 11.6 Å². The van der Waals surface area contributed by atoms with Crippen molar-refractivity contribution in [3.8, 4) is 0 Å². The molecule has 25 heavy (non-hydrogen) atoms. The Balaban J connectivity index is 2.20. The van der Waals surface area contributed by atoms with E-state index in [1.54, 1.807) is 20.8 Å². The fourth-order valence-electron chi connectivity index (χ4n) is 2.64. The Labute approximate surface area is 148 Å². The van der Waals surface area contributed by atoms with E-state index in [9.17, 15) is 20.5 Å². The van der Waals surface area contributed by atoms with Crippen LogP contribution < -0.4 is 5.06 Å². The molecule has 0 aromatic carbocycles. The second-order valence-electron chi connectivity index (χ2n) is 6.81. The van der Waals surface area contributed by atoms with Gasteiger partial charge in [0.25, 0.3) is 0 Å². The van der Waals surface area contributed by atoms with Gasteiger partial charge in [0.05, 0.1) is 12.1 Å². The Kier molecular flexibility index (Phi) is 4.60. The summed E-state index contributed by atoms with van der Waals surface area (Å²) < 4.78 is 6.80. The maximum Gasteiger partial charge on any atom is 0.237 e. The smallest absolute Gasteiger partial charge is 0.237 e. The molecule has 3 rings (SSSR count). The van der Waals surface area contributed by atoms with Gasteiger partial charge in [0, 0.05) is 0 Å². The predicted octanol–water partition coefficient (Wildman–Crippen LogP) is 0.0416. The number of aliphatic hydroxyl groups excluding tert-OH is 3. The van der Waals surface area contributed by atoms with Crippen molar-refractivity contribution in [3.63, 3.8) is 0 Å². The molecule has 1 saturated heterocycles. The molecule has 3 N–H and O–H groups in total. The molecule has 137 valence electrons. The van der Waals surface area contributed by atoms with Gasteiger partial charge in [-0.25, -0.2) is 15.0 Å². The first kappa shape index (κ1) is 18.2. The Morgan fingerprint density at radius 2 is 2.00 bits per heavy atom. The minimum absolute atomic E-state index is 0.0408. The van der Waals surface area contributed by atoms with Gasteiger partial charge in [-0.2, -0.15) is 5.06 Å². The molecule has 3 heterocycles. The van der Waals surface area contributed by atoms with E-state index in [1.165, 1.54) is 10.9 Å². The Hall–Kier alpha value is -1.56. The zero-order chi connectivity index (χ0) is 18.5. The molecular formula is C14H19ClN5O5. The topological polar surface area (TPSA) is 137 Å². The lowest BCUT2D eigenvalue weighted by Gasteiger charge is -2.29. The minimum atomic E-state index is -1.39. The summed E-state index contributed by atoms with van der Waals surface area (Å²) in [4.78, 5) is 12.1. The number of fused-ring (bicyclic) bond motifs is 1. The van der Waals surface area contributed by atoms with Gasteiger partial charge < -0.3 is 20.1 Å². The van der Waals surface area contributed by atoms with Crippen molar-refractivity contribution in [2.45, 2.75) is 50.8 Å². The number of aromatic nitrogens is 4. The second kappa shape index (κ2) is 6.31. The van der Waals surface area contributed by atoms with Gasteiger partial charge >= 0.3 is 0 Å². The number of imidazole rings is 1. The van der Waals surface area contributed by atoms with Crippen molar-refractivity contribution in [1.82, 2.24) is 19.5 Å². The Morgan fingerprint density at radius 1 is 1.32 bits per heavy atom. The summed E-state index contributed by atoms with van der Waals surface area (Å²) in [6.45, 7) is 4.57. The molecule has 11 heteroatoms. The van der Waals surface area contributed by atoms with Crippen molar-refractivity contribution < 1.29 is 25.3 Å².